The van der Waals surface area contributed by atoms with Crippen molar-refractivity contribution in [1.82, 2.24) is 10.2 Å². The van der Waals surface area contributed by atoms with E-state index < -0.39 is 0 Å². The van der Waals surface area contributed by atoms with Crippen molar-refractivity contribution in [1.29, 1.82) is 0 Å². The molecule has 2 atom stereocenters. The van der Waals surface area contributed by atoms with Crippen molar-refractivity contribution in [2.75, 3.05) is 45.9 Å². The Morgan fingerprint density at radius 3 is 2.43 bits per heavy atom. The Hall–Kier alpha value is -0.120. The summed E-state index contributed by atoms with van der Waals surface area (Å²) in [6.45, 7) is 12.9. The van der Waals surface area contributed by atoms with E-state index in [9.17, 15) is 0 Å². The molecular formula is C18H34N2O. The normalized spacial score (nSPS) is 32.7. The van der Waals surface area contributed by atoms with Crippen molar-refractivity contribution in [3.63, 3.8) is 0 Å². The van der Waals surface area contributed by atoms with Gasteiger partial charge in [-0.2, -0.15) is 0 Å². The topological polar surface area (TPSA) is 24.5 Å². The van der Waals surface area contributed by atoms with Gasteiger partial charge in [-0.05, 0) is 55.4 Å². The molecular weight excluding hydrogens is 260 g/mol. The molecule has 21 heavy (non-hydrogen) atoms. The van der Waals surface area contributed by atoms with Gasteiger partial charge in [-0.3, -0.25) is 0 Å². The molecule has 3 fully saturated rings. The Morgan fingerprint density at radius 2 is 1.81 bits per heavy atom. The average molecular weight is 294 g/mol. The first-order chi connectivity index (χ1) is 10.2. The minimum absolute atomic E-state index is 0.464. The maximum atomic E-state index is 5.64. The van der Waals surface area contributed by atoms with Crippen LogP contribution in [0.2, 0.25) is 0 Å². The molecule has 1 aliphatic carbocycles. The zero-order valence-electron chi connectivity index (χ0n) is 14.1. The summed E-state index contributed by atoms with van der Waals surface area (Å²) in [5, 5.41) is 3.74. The summed E-state index contributed by atoms with van der Waals surface area (Å²) in [7, 11) is 0. The van der Waals surface area contributed by atoms with Crippen molar-refractivity contribution in [3.05, 3.63) is 0 Å². The van der Waals surface area contributed by atoms with Crippen molar-refractivity contribution in [2.24, 2.45) is 23.2 Å². The highest BCUT2D eigenvalue weighted by atomic mass is 16.5. The van der Waals surface area contributed by atoms with Gasteiger partial charge in [-0.1, -0.05) is 20.3 Å². The molecule has 3 rings (SSSR count). The summed E-state index contributed by atoms with van der Waals surface area (Å²) in [5.74, 6) is 2.78. The third kappa shape index (κ3) is 4.00. The molecule has 1 N–H and O–H groups in total. The molecule has 0 amide bonds. The van der Waals surface area contributed by atoms with Crippen LogP contribution >= 0.6 is 0 Å². The van der Waals surface area contributed by atoms with Gasteiger partial charge in [0.1, 0.15) is 0 Å². The number of hydrogen-bond donors (Lipinski definition) is 1. The summed E-state index contributed by atoms with van der Waals surface area (Å²) in [5.41, 5.74) is 0.464. The number of rotatable bonds is 6. The van der Waals surface area contributed by atoms with E-state index in [4.69, 9.17) is 4.74 Å². The predicted octanol–water partition coefficient (Wildman–Crippen LogP) is 2.76. The van der Waals surface area contributed by atoms with Gasteiger partial charge in [0.25, 0.3) is 0 Å². The first-order valence-electron chi connectivity index (χ1n) is 9.18. The highest BCUT2D eigenvalue weighted by Crippen LogP contribution is 2.40. The van der Waals surface area contributed by atoms with E-state index in [1.54, 1.807) is 0 Å². The van der Waals surface area contributed by atoms with E-state index in [0.29, 0.717) is 5.41 Å². The van der Waals surface area contributed by atoms with Crippen LogP contribution in [0.4, 0.5) is 0 Å². The van der Waals surface area contributed by atoms with Gasteiger partial charge in [0.15, 0.2) is 0 Å². The number of ether oxygens (including phenoxy) is 1. The lowest BCUT2D eigenvalue weighted by Gasteiger charge is -2.40. The molecule has 0 aromatic rings. The smallest absolute Gasteiger partial charge is 0.0472 e. The van der Waals surface area contributed by atoms with Gasteiger partial charge in [-0.15, -0.1) is 0 Å². The summed E-state index contributed by atoms with van der Waals surface area (Å²) >= 11 is 0. The lowest BCUT2D eigenvalue weighted by atomic mass is 9.79. The Kier molecular flexibility index (Phi) is 5.23. The number of fused-ring (bicyclic) bond motifs is 1. The molecule has 0 aromatic carbocycles. The fraction of sp³-hybridized carbons (Fsp3) is 1.00. The lowest BCUT2D eigenvalue weighted by Crippen LogP contribution is -2.47. The summed E-state index contributed by atoms with van der Waals surface area (Å²) < 4.78 is 5.64. The Labute approximate surface area is 130 Å². The van der Waals surface area contributed by atoms with Crippen LogP contribution in [0.15, 0.2) is 0 Å². The first-order valence-corrected chi connectivity index (χ1v) is 9.18. The zero-order chi connectivity index (χ0) is 14.7. The van der Waals surface area contributed by atoms with Gasteiger partial charge in [0.05, 0.1) is 0 Å². The van der Waals surface area contributed by atoms with Crippen LogP contribution < -0.4 is 5.32 Å². The van der Waals surface area contributed by atoms with E-state index in [2.05, 4.69) is 24.1 Å². The van der Waals surface area contributed by atoms with Gasteiger partial charge in [-0.25, -0.2) is 0 Å². The molecule has 3 nitrogen and oxygen atoms in total. The van der Waals surface area contributed by atoms with Gasteiger partial charge in [0, 0.05) is 39.4 Å². The minimum Gasteiger partial charge on any atom is -0.381 e. The maximum Gasteiger partial charge on any atom is 0.0472 e. The molecule has 0 bridgehead atoms. The highest BCUT2D eigenvalue weighted by molar-refractivity contribution is 4.93. The van der Waals surface area contributed by atoms with E-state index in [-0.39, 0.29) is 0 Å². The van der Waals surface area contributed by atoms with E-state index >= 15 is 0 Å². The quantitative estimate of drug-likeness (QED) is 0.815. The lowest BCUT2D eigenvalue weighted by molar-refractivity contribution is -0.00222. The number of nitrogens with one attached hydrogen (secondary N) is 1. The summed E-state index contributed by atoms with van der Waals surface area (Å²) in [6.07, 6.45) is 6.94. The first kappa shape index (κ1) is 15.8. The van der Waals surface area contributed by atoms with E-state index in [1.807, 2.05) is 0 Å². The van der Waals surface area contributed by atoms with E-state index in [1.165, 1.54) is 58.3 Å². The zero-order valence-corrected chi connectivity index (χ0v) is 14.1. The van der Waals surface area contributed by atoms with Crippen molar-refractivity contribution in [2.45, 2.75) is 46.0 Å². The van der Waals surface area contributed by atoms with Crippen molar-refractivity contribution >= 4 is 0 Å². The second-order valence-corrected chi connectivity index (χ2v) is 8.28. The minimum atomic E-state index is 0.464. The second-order valence-electron chi connectivity index (χ2n) is 8.28. The monoisotopic (exact) mass is 294 g/mol. The average Bonchev–Trinajstić information content (AvgIpc) is 3.00. The highest BCUT2D eigenvalue weighted by Gasteiger charge is 2.40. The molecule has 2 unspecified atom stereocenters. The van der Waals surface area contributed by atoms with Crippen LogP contribution in [0.5, 0.6) is 0 Å². The number of likely N-dealkylation sites (tertiary alicyclic amines) is 1. The summed E-state index contributed by atoms with van der Waals surface area (Å²) in [4.78, 5) is 2.79. The van der Waals surface area contributed by atoms with E-state index in [0.717, 1.165) is 37.5 Å². The fourth-order valence-electron chi connectivity index (χ4n) is 4.76. The van der Waals surface area contributed by atoms with Crippen LogP contribution in [0, 0.1) is 23.2 Å². The van der Waals surface area contributed by atoms with Crippen LogP contribution in [-0.2, 0) is 4.74 Å². The molecule has 1 saturated carbocycles. The molecule has 0 spiro atoms. The van der Waals surface area contributed by atoms with Crippen LogP contribution in [0.25, 0.3) is 0 Å². The van der Waals surface area contributed by atoms with Crippen molar-refractivity contribution < 1.29 is 4.74 Å². The summed E-state index contributed by atoms with van der Waals surface area (Å²) in [6, 6.07) is 0. The molecule has 3 heteroatoms. The van der Waals surface area contributed by atoms with Crippen molar-refractivity contribution in [3.8, 4) is 0 Å². The molecule has 3 aliphatic rings. The molecule has 2 heterocycles. The standard InChI is InChI=1S/C18H34N2O/c1-15(2)10-19-13-18(6-8-21-9-7-18)14-20-11-16-4-3-5-17(16)12-20/h15-17,19H,3-14H2,1-2H3. The van der Waals surface area contributed by atoms with Gasteiger partial charge >= 0.3 is 0 Å². The van der Waals surface area contributed by atoms with Crippen LogP contribution in [-0.4, -0.2) is 50.8 Å². The molecule has 2 saturated heterocycles. The number of hydrogen-bond acceptors (Lipinski definition) is 3. The fourth-order valence-corrected chi connectivity index (χ4v) is 4.76. The molecule has 0 aromatic heterocycles. The molecule has 2 aliphatic heterocycles. The number of nitrogens with zero attached hydrogens (tertiary/aromatic N) is 1. The maximum absolute atomic E-state index is 5.64. The predicted molar refractivity (Wildman–Crippen MR) is 87.5 cm³/mol. The third-order valence-corrected chi connectivity index (χ3v) is 5.97. The molecule has 0 radical (unpaired) electrons. The van der Waals surface area contributed by atoms with Gasteiger partial charge in [0.2, 0.25) is 0 Å². The van der Waals surface area contributed by atoms with Crippen LogP contribution in [0.3, 0.4) is 0 Å². The van der Waals surface area contributed by atoms with Crippen LogP contribution in [0.1, 0.15) is 46.0 Å². The second kappa shape index (κ2) is 6.97. The Bertz CT molecular complexity index is 313. The largest absolute Gasteiger partial charge is 0.381 e. The Balaban J connectivity index is 1.54. The third-order valence-electron chi connectivity index (χ3n) is 5.97. The molecule has 122 valence electrons. The Morgan fingerprint density at radius 1 is 1.14 bits per heavy atom. The van der Waals surface area contributed by atoms with Gasteiger partial charge < -0.3 is 15.0 Å². The SMILES string of the molecule is CC(C)CNCC1(CN2CC3CCCC3C2)CCOCC1.